The molecule has 0 spiro atoms. The SMILES string of the molecule is C=C(C)C(=O)OCCO.CC(=CO)C(=O)O. The molecule has 0 aromatic heterocycles. The first-order chi connectivity index (χ1) is 7.36. The van der Waals surface area contributed by atoms with Gasteiger partial charge in [0.05, 0.1) is 18.4 Å². The van der Waals surface area contributed by atoms with E-state index in [2.05, 4.69) is 11.3 Å². The lowest BCUT2D eigenvalue weighted by Gasteiger charge is -1.99. The molecule has 0 fully saturated rings. The van der Waals surface area contributed by atoms with E-state index in [-0.39, 0.29) is 18.8 Å². The summed E-state index contributed by atoms with van der Waals surface area (Å²) in [5, 5.41) is 24.1. The smallest absolute Gasteiger partial charge is 0.334 e. The summed E-state index contributed by atoms with van der Waals surface area (Å²) in [6, 6.07) is 0. The number of carboxylic acids is 1. The van der Waals surface area contributed by atoms with Crippen LogP contribution >= 0.6 is 0 Å². The van der Waals surface area contributed by atoms with E-state index in [9.17, 15) is 9.59 Å². The van der Waals surface area contributed by atoms with Crippen LogP contribution in [-0.2, 0) is 14.3 Å². The zero-order chi connectivity index (χ0) is 13.1. The number of aliphatic hydroxyl groups is 2. The third kappa shape index (κ3) is 10.3. The van der Waals surface area contributed by atoms with Gasteiger partial charge in [-0.05, 0) is 13.8 Å². The summed E-state index contributed by atoms with van der Waals surface area (Å²) in [7, 11) is 0. The van der Waals surface area contributed by atoms with E-state index in [1.165, 1.54) is 6.92 Å². The highest BCUT2D eigenvalue weighted by molar-refractivity contribution is 5.86. The number of hydrogen-bond donors (Lipinski definition) is 3. The van der Waals surface area contributed by atoms with E-state index in [4.69, 9.17) is 15.3 Å². The second kappa shape index (κ2) is 9.72. The van der Waals surface area contributed by atoms with Crippen LogP contribution in [0.4, 0.5) is 0 Å². The first-order valence-electron chi connectivity index (χ1n) is 4.34. The number of carbonyl (C=O) groups is 2. The molecule has 0 unspecified atom stereocenters. The van der Waals surface area contributed by atoms with Gasteiger partial charge in [-0.15, -0.1) is 0 Å². The molecular formula is C10H16O6. The number of ether oxygens (including phenoxy) is 1. The molecule has 0 heterocycles. The fourth-order valence-electron chi connectivity index (χ4n) is 0.317. The predicted octanol–water partition coefficient (Wildman–Crippen LogP) is 0.631. The van der Waals surface area contributed by atoms with Gasteiger partial charge < -0.3 is 20.1 Å². The van der Waals surface area contributed by atoms with Crippen molar-refractivity contribution >= 4 is 11.9 Å². The number of aliphatic hydroxyl groups excluding tert-OH is 2. The van der Waals surface area contributed by atoms with Crippen LogP contribution in [0.1, 0.15) is 13.8 Å². The summed E-state index contributed by atoms with van der Waals surface area (Å²) in [6.45, 7) is 6.12. The van der Waals surface area contributed by atoms with Crippen molar-refractivity contribution in [2.24, 2.45) is 0 Å². The maximum absolute atomic E-state index is 10.5. The molecule has 3 N–H and O–H groups in total. The first-order valence-corrected chi connectivity index (χ1v) is 4.34. The Morgan fingerprint density at radius 2 is 1.88 bits per heavy atom. The maximum atomic E-state index is 10.5. The minimum atomic E-state index is -1.09. The molecule has 0 aliphatic rings. The molecule has 0 bridgehead atoms. The van der Waals surface area contributed by atoms with Crippen LogP contribution < -0.4 is 0 Å². The van der Waals surface area contributed by atoms with Gasteiger partial charge in [0.15, 0.2) is 0 Å². The van der Waals surface area contributed by atoms with Gasteiger partial charge in [0.25, 0.3) is 0 Å². The summed E-state index contributed by atoms with van der Waals surface area (Å²) in [5.41, 5.74) is 0.295. The monoisotopic (exact) mass is 232 g/mol. The van der Waals surface area contributed by atoms with Gasteiger partial charge in [-0.25, -0.2) is 9.59 Å². The lowest BCUT2D eigenvalue weighted by molar-refractivity contribution is -0.140. The first kappa shape index (κ1) is 16.6. The second-order valence-electron chi connectivity index (χ2n) is 2.76. The Bertz CT molecular complexity index is 279. The summed E-state index contributed by atoms with van der Waals surface area (Å²) < 4.78 is 4.46. The maximum Gasteiger partial charge on any atom is 0.334 e. The molecule has 92 valence electrons. The highest BCUT2D eigenvalue weighted by atomic mass is 16.5. The Balaban J connectivity index is 0. The number of carbonyl (C=O) groups excluding carboxylic acids is 1. The molecule has 0 saturated heterocycles. The van der Waals surface area contributed by atoms with Crippen molar-refractivity contribution in [3.05, 3.63) is 24.0 Å². The topological polar surface area (TPSA) is 104 Å². The van der Waals surface area contributed by atoms with Crippen molar-refractivity contribution in [3.8, 4) is 0 Å². The van der Waals surface area contributed by atoms with Crippen LogP contribution in [0.25, 0.3) is 0 Å². The minimum Gasteiger partial charge on any atom is -0.515 e. The molecule has 16 heavy (non-hydrogen) atoms. The molecule has 0 rings (SSSR count). The van der Waals surface area contributed by atoms with Gasteiger partial charge in [0, 0.05) is 5.57 Å². The Hall–Kier alpha value is -1.82. The molecule has 0 aromatic carbocycles. The molecule has 6 nitrogen and oxygen atoms in total. The van der Waals surface area contributed by atoms with Crippen LogP contribution in [0.15, 0.2) is 24.0 Å². The quantitative estimate of drug-likeness (QED) is 0.373. The van der Waals surface area contributed by atoms with Crippen molar-refractivity contribution < 1.29 is 29.6 Å². The van der Waals surface area contributed by atoms with Crippen molar-refractivity contribution in [2.75, 3.05) is 13.2 Å². The largest absolute Gasteiger partial charge is 0.515 e. The van der Waals surface area contributed by atoms with E-state index >= 15 is 0 Å². The molecule has 6 heteroatoms. The van der Waals surface area contributed by atoms with Crippen LogP contribution in [0.3, 0.4) is 0 Å². The number of rotatable bonds is 4. The standard InChI is InChI=1S/C6H10O3.C4H6O3/c1-5(2)6(8)9-4-3-7;1-3(2-5)4(6)7/h7H,1,3-4H2,2H3;2,5H,1H3,(H,6,7). The number of aliphatic carboxylic acids is 1. The Labute approximate surface area is 93.5 Å². The minimum absolute atomic E-state index is 0.0473. The number of carboxylic acid groups (broad SMARTS) is 1. The summed E-state index contributed by atoms with van der Waals surface area (Å²) >= 11 is 0. The van der Waals surface area contributed by atoms with E-state index in [0.717, 1.165) is 0 Å². The highest BCUT2D eigenvalue weighted by Gasteiger charge is 1.99. The second-order valence-corrected chi connectivity index (χ2v) is 2.76. The zero-order valence-corrected chi connectivity index (χ0v) is 9.27. The van der Waals surface area contributed by atoms with Crippen LogP contribution in [-0.4, -0.2) is 40.5 Å². The average Bonchev–Trinajstić information content (AvgIpc) is 2.25. The van der Waals surface area contributed by atoms with Gasteiger partial charge in [-0.1, -0.05) is 6.58 Å². The molecule has 0 aliphatic carbocycles. The molecule has 0 saturated carbocycles. The van der Waals surface area contributed by atoms with Crippen molar-refractivity contribution in [3.63, 3.8) is 0 Å². The van der Waals surface area contributed by atoms with Crippen LogP contribution in [0.5, 0.6) is 0 Å². The molecule has 0 amide bonds. The van der Waals surface area contributed by atoms with E-state index in [0.29, 0.717) is 11.8 Å². The predicted molar refractivity (Wildman–Crippen MR) is 56.9 cm³/mol. The van der Waals surface area contributed by atoms with Gasteiger partial charge in [0.1, 0.15) is 6.61 Å². The van der Waals surface area contributed by atoms with E-state index in [1.807, 2.05) is 0 Å². The molecule has 0 atom stereocenters. The van der Waals surface area contributed by atoms with Crippen LogP contribution in [0, 0.1) is 0 Å². The Morgan fingerprint density at radius 1 is 1.38 bits per heavy atom. The average molecular weight is 232 g/mol. The van der Waals surface area contributed by atoms with Gasteiger partial charge >= 0.3 is 11.9 Å². The van der Waals surface area contributed by atoms with Crippen LogP contribution in [0.2, 0.25) is 0 Å². The third-order valence-corrected chi connectivity index (χ3v) is 1.20. The van der Waals surface area contributed by atoms with E-state index in [1.54, 1.807) is 6.92 Å². The summed E-state index contributed by atoms with van der Waals surface area (Å²) in [6.07, 6.45) is 0.558. The molecule has 0 aromatic rings. The Kier molecular flexibility index (Phi) is 10.1. The van der Waals surface area contributed by atoms with Gasteiger partial charge in [0.2, 0.25) is 0 Å². The number of hydrogen-bond acceptors (Lipinski definition) is 5. The summed E-state index contributed by atoms with van der Waals surface area (Å²) in [5.74, 6) is -1.55. The van der Waals surface area contributed by atoms with Gasteiger partial charge in [-0.2, -0.15) is 0 Å². The Morgan fingerprint density at radius 3 is 2.06 bits per heavy atom. The lowest BCUT2D eigenvalue weighted by Crippen LogP contribution is -2.08. The highest BCUT2D eigenvalue weighted by Crippen LogP contribution is 1.90. The molecular weight excluding hydrogens is 216 g/mol. The lowest BCUT2D eigenvalue weighted by atomic mass is 10.4. The van der Waals surface area contributed by atoms with Crippen molar-refractivity contribution in [1.82, 2.24) is 0 Å². The summed E-state index contributed by atoms with van der Waals surface area (Å²) in [4.78, 5) is 20.2. The molecule has 0 aliphatic heterocycles. The fraction of sp³-hybridized carbons (Fsp3) is 0.400. The molecule has 0 radical (unpaired) electrons. The third-order valence-electron chi connectivity index (χ3n) is 1.20. The zero-order valence-electron chi connectivity index (χ0n) is 9.27. The normalized spacial score (nSPS) is 9.81. The number of esters is 1. The van der Waals surface area contributed by atoms with Gasteiger partial charge in [-0.3, -0.25) is 0 Å². The fourth-order valence-corrected chi connectivity index (χ4v) is 0.317. The van der Waals surface area contributed by atoms with Crippen molar-refractivity contribution in [1.29, 1.82) is 0 Å². The van der Waals surface area contributed by atoms with E-state index < -0.39 is 11.9 Å². The van der Waals surface area contributed by atoms with Crippen molar-refractivity contribution in [2.45, 2.75) is 13.8 Å².